The molecule has 1 aromatic heterocycles. The highest BCUT2D eigenvalue weighted by molar-refractivity contribution is 8.00. The molecule has 8 heteroatoms. The molecule has 3 rings (SSSR count). The summed E-state index contributed by atoms with van der Waals surface area (Å²) in [6.45, 7) is 3.45. The van der Waals surface area contributed by atoms with Gasteiger partial charge in [-0.1, -0.05) is 36.0 Å². The van der Waals surface area contributed by atoms with Gasteiger partial charge in [-0.3, -0.25) is 9.36 Å². The van der Waals surface area contributed by atoms with E-state index in [2.05, 4.69) is 15.5 Å². The van der Waals surface area contributed by atoms with E-state index in [9.17, 15) is 13.6 Å². The van der Waals surface area contributed by atoms with Crippen LogP contribution in [0.1, 0.15) is 12.7 Å². The molecular weight excluding hydrogens is 358 g/mol. The lowest BCUT2D eigenvalue weighted by Crippen LogP contribution is -2.24. The van der Waals surface area contributed by atoms with Crippen LogP contribution >= 0.6 is 11.8 Å². The van der Waals surface area contributed by atoms with Crippen LogP contribution in [0.15, 0.2) is 53.7 Å². The largest absolute Gasteiger partial charge is 0.320 e. The lowest BCUT2D eigenvalue weighted by Gasteiger charge is -2.14. The van der Waals surface area contributed by atoms with Gasteiger partial charge in [0.2, 0.25) is 5.91 Å². The predicted molar refractivity (Wildman–Crippen MR) is 96.4 cm³/mol. The quantitative estimate of drug-likeness (QED) is 0.687. The second-order valence-electron chi connectivity index (χ2n) is 5.55. The van der Waals surface area contributed by atoms with E-state index < -0.39 is 28.5 Å². The molecule has 0 saturated heterocycles. The Morgan fingerprint density at radius 1 is 1.08 bits per heavy atom. The topological polar surface area (TPSA) is 59.8 Å². The molecule has 0 bridgehead atoms. The Morgan fingerprint density at radius 3 is 2.38 bits per heavy atom. The van der Waals surface area contributed by atoms with Gasteiger partial charge in [-0.25, -0.2) is 8.78 Å². The Bertz CT molecular complexity index is 910. The minimum Gasteiger partial charge on any atom is -0.320 e. The van der Waals surface area contributed by atoms with Crippen LogP contribution in [0.3, 0.4) is 0 Å². The van der Waals surface area contributed by atoms with Crippen molar-refractivity contribution in [3.63, 3.8) is 0 Å². The van der Waals surface area contributed by atoms with Gasteiger partial charge in [-0.05, 0) is 38.1 Å². The van der Waals surface area contributed by atoms with Crippen molar-refractivity contribution >= 4 is 23.4 Å². The van der Waals surface area contributed by atoms with Crippen LogP contribution in [0.4, 0.5) is 14.5 Å². The second-order valence-corrected chi connectivity index (χ2v) is 6.85. The second kappa shape index (κ2) is 7.65. The van der Waals surface area contributed by atoms with Gasteiger partial charge in [-0.15, -0.1) is 10.2 Å². The van der Waals surface area contributed by atoms with E-state index in [-0.39, 0.29) is 0 Å². The van der Waals surface area contributed by atoms with Crippen LogP contribution in [0.2, 0.25) is 0 Å². The van der Waals surface area contributed by atoms with Crippen LogP contribution in [0.5, 0.6) is 0 Å². The summed E-state index contributed by atoms with van der Waals surface area (Å²) < 4.78 is 29.2. The van der Waals surface area contributed by atoms with Crippen LogP contribution in [0, 0.1) is 18.6 Å². The molecular formula is C18H16F2N4OS. The van der Waals surface area contributed by atoms with Crippen LogP contribution < -0.4 is 5.32 Å². The minimum absolute atomic E-state index is 0.453. The maximum atomic E-state index is 13.7. The van der Waals surface area contributed by atoms with Crippen molar-refractivity contribution in [2.75, 3.05) is 5.32 Å². The fourth-order valence-electron chi connectivity index (χ4n) is 2.35. The standard InChI is InChI=1S/C18H16F2N4OS/c1-11(17(25)21-16-14(19)9-6-10-15(16)20)26-18-23-22-12(2)24(18)13-7-4-3-5-8-13/h3-11H,1-2H3,(H,21,25)/t11-/m1/s1. The first kappa shape index (κ1) is 18.1. The summed E-state index contributed by atoms with van der Waals surface area (Å²) >= 11 is 1.16. The Hall–Kier alpha value is -2.74. The molecule has 0 aliphatic rings. The number of nitrogens with one attached hydrogen (secondary N) is 1. The smallest absolute Gasteiger partial charge is 0.237 e. The molecule has 0 spiro atoms. The Labute approximate surface area is 153 Å². The third kappa shape index (κ3) is 3.75. The number of thioether (sulfide) groups is 1. The maximum Gasteiger partial charge on any atom is 0.237 e. The Morgan fingerprint density at radius 2 is 1.73 bits per heavy atom. The van der Waals surface area contributed by atoms with Crippen molar-refractivity contribution in [2.24, 2.45) is 0 Å². The number of aryl methyl sites for hydroxylation is 1. The molecule has 0 aliphatic heterocycles. The zero-order valence-corrected chi connectivity index (χ0v) is 14.9. The van der Waals surface area contributed by atoms with E-state index in [0.29, 0.717) is 11.0 Å². The van der Waals surface area contributed by atoms with E-state index in [1.165, 1.54) is 6.07 Å². The van der Waals surface area contributed by atoms with Gasteiger partial charge in [0, 0.05) is 5.69 Å². The molecule has 1 atom stereocenters. The molecule has 0 radical (unpaired) electrons. The van der Waals surface area contributed by atoms with Crippen LogP contribution in [-0.4, -0.2) is 25.9 Å². The van der Waals surface area contributed by atoms with Gasteiger partial charge in [-0.2, -0.15) is 0 Å². The first-order chi connectivity index (χ1) is 12.5. The number of para-hydroxylation sites is 2. The molecule has 2 aromatic carbocycles. The molecule has 1 heterocycles. The van der Waals surface area contributed by atoms with E-state index >= 15 is 0 Å². The van der Waals surface area contributed by atoms with Crippen LogP contribution in [0.25, 0.3) is 5.69 Å². The zero-order valence-electron chi connectivity index (χ0n) is 14.1. The number of amides is 1. The van der Waals surface area contributed by atoms with Crippen molar-refractivity contribution in [1.29, 1.82) is 0 Å². The van der Waals surface area contributed by atoms with Gasteiger partial charge in [0.15, 0.2) is 5.16 Å². The number of carbonyl (C=O) groups excluding carboxylic acids is 1. The Balaban J connectivity index is 1.79. The highest BCUT2D eigenvalue weighted by atomic mass is 32.2. The summed E-state index contributed by atoms with van der Waals surface area (Å²) in [6, 6.07) is 12.9. The van der Waals surface area contributed by atoms with Gasteiger partial charge in [0.1, 0.15) is 23.1 Å². The maximum absolute atomic E-state index is 13.7. The molecule has 5 nitrogen and oxygen atoms in total. The lowest BCUT2D eigenvalue weighted by atomic mass is 10.3. The van der Waals surface area contributed by atoms with E-state index in [0.717, 1.165) is 29.6 Å². The number of carbonyl (C=O) groups is 1. The fourth-order valence-corrected chi connectivity index (χ4v) is 3.26. The number of rotatable bonds is 5. The summed E-state index contributed by atoms with van der Waals surface area (Å²) in [5.41, 5.74) is 0.413. The van der Waals surface area contributed by atoms with Gasteiger partial charge in [0.25, 0.3) is 0 Å². The highest BCUT2D eigenvalue weighted by Crippen LogP contribution is 2.27. The number of nitrogens with zero attached hydrogens (tertiary/aromatic N) is 3. The third-order valence-corrected chi connectivity index (χ3v) is 4.71. The number of halogens is 2. The van der Waals surface area contributed by atoms with Crippen molar-refractivity contribution in [3.05, 3.63) is 66.0 Å². The first-order valence-electron chi connectivity index (χ1n) is 7.86. The minimum atomic E-state index is -0.821. The fraction of sp³-hybridized carbons (Fsp3) is 0.167. The van der Waals surface area contributed by atoms with E-state index in [1.807, 2.05) is 41.8 Å². The van der Waals surface area contributed by atoms with Gasteiger partial charge >= 0.3 is 0 Å². The summed E-state index contributed by atoms with van der Waals surface area (Å²) in [5, 5.41) is 10.3. The summed E-state index contributed by atoms with van der Waals surface area (Å²) in [4.78, 5) is 12.4. The summed E-state index contributed by atoms with van der Waals surface area (Å²) in [7, 11) is 0. The van der Waals surface area contributed by atoms with Gasteiger partial charge in [0.05, 0.1) is 5.25 Å². The summed E-state index contributed by atoms with van der Waals surface area (Å²) in [5.74, 6) is -1.50. The number of benzene rings is 2. The molecule has 0 saturated carbocycles. The Kier molecular flexibility index (Phi) is 5.32. The number of anilines is 1. The highest BCUT2D eigenvalue weighted by Gasteiger charge is 2.22. The number of aromatic nitrogens is 3. The van der Waals surface area contributed by atoms with E-state index in [1.54, 1.807) is 6.92 Å². The predicted octanol–water partition coefficient (Wildman–Crippen LogP) is 3.97. The lowest BCUT2D eigenvalue weighted by molar-refractivity contribution is -0.115. The molecule has 0 unspecified atom stereocenters. The summed E-state index contributed by atoms with van der Waals surface area (Å²) in [6.07, 6.45) is 0. The average Bonchev–Trinajstić information content (AvgIpc) is 2.99. The van der Waals surface area contributed by atoms with E-state index in [4.69, 9.17) is 0 Å². The average molecular weight is 374 g/mol. The molecule has 134 valence electrons. The molecule has 0 aliphatic carbocycles. The monoisotopic (exact) mass is 374 g/mol. The van der Waals surface area contributed by atoms with Crippen LogP contribution in [-0.2, 0) is 4.79 Å². The SMILES string of the molecule is Cc1nnc(S[C@H](C)C(=O)Nc2c(F)cccc2F)n1-c1ccccc1. The van der Waals surface area contributed by atoms with Crippen molar-refractivity contribution < 1.29 is 13.6 Å². The molecule has 1 N–H and O–H groups in total. The molecule has 1 amide bonds. The first-order valence-corrected chi connectivity index (χ1v) is 8.74. The number of hydrogen-bond acceptors (Lipinski definition) is 4. The molecule has 26 heavy (non-hydrogen) atoms. The molecule has 3 aromatic rings. The normalized spacial score (nSPS) is 12.0. The van der Waals surface area contributed by atoms with Crippen molar-refractivity contribution in [3.8, 4) is 5.69 Å². The molecule has 0 fully saturated rings. The van der Waals surface area contributed by atoms with Gasteiger partial charge < -0.3 is 5.32 Å². The zero-order chi connectivity index (χ0) is 18.7. The van der Waals surface area contributed by atoms with Crippen molar-refractivity contribution in [1.82, 2.24) is 14.8 Å². The van der Waals surface area contributed by atoms with Crippen molar-refractivity contribution in [2.45, 2.75) is 24.3 Å². The number of hydrogen-bond donors (Lipinski definition) is 1. The third-order valence-electron chi connectivity index (χ3n) is 3.67.